The third kappa shape index (κ3) is 52.8. The molecule has 0 aromatic heterocycles. The van der Waals surface area contributed by atoms with E-state index in [4.69, 9.17) is 9.05 Å². The second-order valence-corrected chi connectivity index (χ2v) is 23.1. The Hall–Kier alpha value is -1.02. The van der Waals surface area contributed by atoms with Gasteiger partial charge in [-0.25, -0.2) is 0 Å². The highest BCUT2D eigenvalue weighted by atomic mass is 31.2. The number of nitrogens with one attached hydrogen (secondary N) is 1. The lowest BCUT2D eigenvalue weighted by atomic mass is 10.0. The second-order valence-electron chi connectivity index (χ2n) is 21.7. The Morgan fingerprint density at radius 1 is 0.500 bits per heavy atom. The van der Waals surface area contributed by atoms with Crippen LogP contribution >= 0.6 is 7.82 Å². The van der Waals surface area contributed by atoms with Crippen molar-refractivity contribution < 1.29 is 32.9 Å². The van der Waals surface area contributed by atoms with Crippen LogP contribution in [0.4, 0.5) is 0 Å². The number of phosphoric acid groups is 1. The molecule has 0 aromatic rings. The summed E-state index contributed by atoms with van der Waals surface area (Å²) in [7, 11) is 1.26. The number of aliphatic hydroxyl groups excluding tert-OH is 1. The number of carbonyl (C=O) groups is 1. The Bertz CT molecular complexity index is 1160. The Morgan fingerprint density at radius 3 is 1.19 bits per heavy atom. The number of likely N-dealkylation sites (N-methyl/N-ethyl adjacent to an activating group) is 1. The molecule has 0 saturated heterocycles. The van der Waals surface area contributed by atoms with Crippen molar-refractivity contribution in [3.8, 4) is 0 Å². The minimum atomic E-state index is -4.60. The molecule has 0 aromatic carbocycles. The van der Waals surface area contributed by atoms with Crippen LogP contribution in [0.2, 0.25) is 0 Å². The predicted molar refractivity (Wildman–Crippen MR) is 293 cm³/mol. The van der Waals surface area contributed by atoms with Gasteiger partial charge in [0, 0.05) is 6.42 Å². The highest BCUT2D eigenvalue weighted by Gasteiger charge is 2.23. The highest BCUT2D eigenvalue weighted by molar-refractivity contribution is 7.45. The van der Waals surface area contributed by atoms with E-state index in [0.29, 0.717) is 17.4 Å². The average Bonchev–Trinajstić information content (AvgIpc) is 3.30. The van der Waals surface area contributed by atoms with Crippen LogP contribution in [-0.2, 0) is 18.4 Å². The topological polar surface area (TPSA) is 108 Å². The van der Waals surface area contributed by atoms with E-state index in [1.165, 1.54) is 238 Å². The van der Waals surface area contributed by atoms with Crippen molar-refractivity contribution >= 4 is 13.7 Å². The van der Waals surface area contributed by atoms with E-state index in [0.717, 1.165) is 38.5 Å². The average molecular weight is 982 g/mol. The van der Waals surface area contributed by atoms with Crippen molar-refractivity contribution in [2.75, 3.05) is 40.9 Å². The molecule has 404 valence electrons. The van der Waals surface area contributed by atoms with Crippen LogP contribution in [0.25, 0.3) is 0 Å². The SMILES string of the molecule is CCCCCCCCCCCCCCCCCC/C=C/CC/C=C/C(O)C(COP(=O)([O-])OCC[N+](C)(C)C)NC(=O)CCCCCCCCCCCCCCCCCCCCCCCCCC. The maximum absolute atomic E-state index is 13.0. The Balaban J connectivity index is 4.20. The molecule has 3 unspecified atom stereocenters. The van der Waals surface area contributed by atoms with Crippen LogP contribution in [0.1, 0.15) is 296 Å². The molecular weight excluding hydrogens is 864 g/mol. The lowest BCUT2D eigenvalue weighted by Gasteiger charge is -2.29. The quantitative estimate of drug-likeness (QED) is 0.0272. The largest absolute Gasteiger partial charge is 0.756 e. The summed E-state index contributed by atoms with van der Waals surface area (Å²) < 4.78 is 23.4. The van der Waals surface area contributed by atoms with Crippen molar-refractivity contribution in [1.82, 2.24) is 5.32 Å². The van der Waals surface area contributed by atoms with E-state index in [2.05, 4.69) is 31.3 Å². The summed E-state index contributed by atoms with van der Waals surface area (Å²) in [6, 6.07) is -0.900. The molecule has 9 heteroatoms. The van der Waals surface area contributed by atoms with E-state index < -0.39 is 20.0 Å². The molecule has 0 radical (unpaired) electrons. The van der Waals surface area contributed by atoms with Gasteiger partial charge in [0.1, 0.15) is 13.2 Å². The smallest absolute Gasteiger partial charge is 0.268 e. The van der Waals surface area contributed by atoms with Gasteiger partial charge in [-0.15, -0.1) is 0 Å². The van der Waals surface area contributed by atoms with Crippen molar-refractivity contribution in [3.05, 3.63) is 24.3 Å². The molecule has 0 aliphatic heterocycles. The molecule has 3 atom stereocenters. The van der Waals surface area contributed by atoms with Gasteiger partial charge in [0.2, 0.25) is 5.91 Å². The number of nitrogens with zero attached hydrogens (tertiary/aromatic N) is 1. The first kappa shape index (κ1) is 67.0. The Labute approximate surface area is 424 Å². The molecule has 1 amide bonds. The molecule has 0 aliphatic carbocycles. The van der Waals surface area contributed by atoms with Gasteiger partial charge in [0.05, 0.1) is 39.9 Å². The zero-order chi connectivity index (χ0) is 49.9. The van der Waals surface area contributed by atoms with Crippen molar-refractivity contribution in [2.24, 2.45) is 0 Å². The zero-order valence-corrected chi connectivity index (χ0v) is 47.0. The van der Waals surface area contributed by atoms with Gasteiger partial charge in [-0.2, -0.15) is 0 Å². The maximum Gasteiger partial charge on any atom is 0.268 e. The number of hydrogen-bond acceptors (Lipinski definition) is 6. The number of phosphoric ester groups is 1. The Kier molecular flexibility index (Phi) is 50.1. The minimum absolute atomic E-state index is 0.00365. The first-order valence-electron chi connectivity index (χ1n) is 29.7. The molecular formula is C59H117N2O6P. The highest BCUT2D eigenvalue weighted by Crippen LogP contribution is 2.38. The van der Waals surface area contributed by atoms with E-state index in [1.807, 2.05) is 27.2 Å². The fraction of sp³-hybridized carbons (Fsp3) is 0.915. The number of unbranched alkanes of at least 4 members (excludes halogenated alkanes) is 40. The first-order chi connectivity index (χ1) is 33.0. The number of allylic oxidation sites excluding steroid dienone is 3. The molecule has 0 spiro atoms. The lowest BCUT2D eigenvalue weighted by molar-refractivity contribution is -0.870. The summed E-state index contributed by atoms with van der Waals surface area (Å²) in [6.45, 7) is 4.68. The first-order valence-corrected chi connectivity index (χ1v) is 31.2. The molecule has 0 aliphatic rings. The molecule has 0 bridgehead atoms. The maximum atomic E-state index is 13.0. The van der Waals surface area contributed by atoms with Crippen molar-refractivity contribution in [2.45, 2.75) is 309 Å². The van der Waals surface area contributed by atoms with Crippen LogP contribution < -0.4 is 10.2 Å². The van der Waals surface area contributed by atoms with Gasteiger partial charge >= 0.3 is 0 Å². The number of rotatable bonds is 55. The molecule has 0 fully saturated rings. The lowest BCUT2D eigenvalue weighted by Crippen LogP contribution is -2.45. The minimum Gasteiger partial charge on any atom is -0.756 e. The number of amides is 1. The summed E-state index contributed by atoms with van der Waals surface area (Å²) in [5, 5.41) is 13.9. The van der Waals surface area contributed by atoms with Crippen LogP contribution in [0, 0.1) is 0 Å². The van der Waals surface area contributed by atoms with E-state index in [9.17, 15) is 19.4 Å². The second kappa shape index (κ2) is 50.9. The summed E-state index contributed by atoms with van der Waals surface area (Å²) in [6.07, 6.45) is 64.1. The number of carbonyl (C=O) groups excluding carboxylic acids is 1. The summed E-state index contributed by atoms with van der Waals surface area (Å²) in [5.74, 6) is -0.200. The van der Waals surface area contributed by atoms with Crippen LogP contribution in [-0.4, -0.2) is 68.5 Å². The fourth-order valence-corrected chi connectivity index (χ4v) is 9.72. The van der Waals surface area contributed by atoms with E-state index in [1.54, 1.807) is 6.08 Å². The molecule has 0 heterocycles. The summed E-state index contributed by atoms with van der Waals surface area (Å²) in [5.41, 5.74) is 0. The molecule has 0 rings (SSSR count). The summed E-state index contributed by atoms with van der Waals surface area (Å²) >= 11 is 0. The molecule has 2 N–H and O–H groups in total. The molecule has 8 nitrogen and oxygen atoms in total. The van der Waals surface area contributed by atoms with Gasteiger partial charge in [-0.05, 0) is 32.1 Å². The number of aliphatic hydroxyl groups is 1. The third-order valence-corrected chi connectivity index (χ3v) is 14.6. The molecule has 0 saturated carbocycles. The predicted octanol–water partition coefficient (Wildman–Crippen LogP) is 17.4. The summed E-state index contributed by atoms with van der Waals surface area (Å²) in [4.78, 5) is 25.5. The zero-order valence-electron chi connectivity index (χ0n) is 46.1. The van der Waals surface area contributed by atoms with Crippen LogP contribution in [0.15, 0.2) is 24.3 Å². The van der Waals surface area contributed by atoms with Crippen molar-refractivity contribution in [1.29, 1.82) is 0 Å². The van der Waals surface area contributed by atoms with Crippen LogP contribution in [0.5, 0.6) is 0 Å². The fourth-order valence-electron chi connectivity index (χ4n) is 9.00. The van der Waals surface area contributed by atoms with Crippen molar-refractivity contribution in [3.63, 3.8) is 0 Å². The van der Waals surface area contributed by atoms with Crippen LogP contribution in [0.3, 0.4) is 0 Å². The van der Waals surface area contributed by atoms with Gasteiger partial charge in [0.25, 0.3) is 7.82 Å². The van der Waals surface area contributed by atoms with Gasteiger partial charge < -0.3 is 28.8 Å². The van der Waals surface area contributed by atoms with Gasteiger partial charge in [-0.1, -0.05) is 282 Å². The normalized spacial score (nSPS) is 14.0. The van der Waals surface area contributed by atoms with Gasteiger partial charge in [0.15, 0.2) is 0 Å². The molecule has 68 heavy (non-hydrogen) atoms. The number of hydrogen-bond donors (Lipinski definition) is 2. The standard InChI is InChI=1S/C59H117N2O6P/c1-6-8-10-12-14-16-18-20-22-24-26-28-30-31-33-35-37-39-41-43-45-47-49-51-53-59(63)60-57(56-67-68(64,65)66-55-54-61(3,4)5)58(62)52-50-48-46-44-42-40-38-36-34-32-29-27-25-23-21-19-17-15-13-11-9-7-2/h42,44,50,52,57-58,62H,6-41,43,45-49,51,53-56H2,1-5H3,(H-,60,63,64,65)/b44-42+,52-50+. The monoisotopic (exact) mass is 981 g/mol. The number of quaternary nitrogens is 1. The van der Waals surface area contributed by atoms with Gasteiger partial charge in [-0.3, -0.25) is 9.36 Å². The third-order valence-electron chi connectivity index (χ3n) is 13.7. The Morgan fingerprint density at radius 2 is 0.824 bits per heavy atom. The van der Waals surface area contributed by atoms with E-state index in [-0.39, 0.29) is 19.1 Å². The van der Waals surface area contributed by atoms with E-state index >= 15 is 0 Å².